The van der Waals surface area contributed by atoms with Gasteiger partial charge in [0.25, 0.3) is 0 Å². The van der Waals surface area contributed by atoms with Crippen molar-refractivity contribution in [3.8, 4) is 0 Å². The van der Waals surface area contributed by atoms with Crippen LogP contribution in [0.25, 0.3) is 21.5 Å². The molecular formula is C28H30CaO6S2. The zero-order chi connectivity index (χ0) is 26.3. The topological polar surface area (TPSA) is 114 Å². The molecule has 4 rings (SSSR count). The summed E-state index contributed by atoms with van der Waals surface area (Å²) in [5.41, 5.74) is 2.14. The van der Waals surface area contributed by atoms with Crippen LogP contribution >= 0.6 is 0 Å². The second kappa shape index (κ2) is 14.0. The van der Waals surface area contributed by atoms with E-state index in [0.29, 0.717) is 10.8 Å². The Morgan fingerprint density at radius 2 is 0.973 bits per heavy atom. The van der Waals surface area contributed by atoms with Gasteiger partial charge in [-0.05, 0) is 82.6 Å². The van der Waals surface area contributed by atoms with Crippen molar-refractivity contribution in [2.45, 2.75) is 62.2 Å². The average Bonchev–Trinajstić information content (AvgIpc) is 2.84. The van der Waals surface area contributed by atoms with Crippen LogP contribution in [0.3, 0.4) is 0 Å². The molecule has 6 nitrogen and oxygen atoms in total. The van der Waals surface area contributed by atoms with Crippen molar-refractivity contribution in [2.24, 2.45) is 0 Å². The molecule has 0 aliphatic rings. The van der Waals surface area contributed by atoms with E-state index in [2.05, 4.69) is 13.8 Å². The molecule has 0 spiro atoms. The van der Waals surface area contributed by atoms with Crippen LogP contribution in [0.15, 0.2) is 82.6 Å². The number of rotatable bonds is 8. The molecular weight excluding hydrogens is 537 g/mol. The molecule has 192 valence electrons. The van der Waals surface area contributed by atoms with Gasteiger partial charge in [-0.25, -0.2) is 16.8 Å². The van der Waals surface area contributed by atoms with Crippen LogP contribution in [0.1, 0.15) is 50.7 Å². The summed E-state index contributed by atoms with van der Waals surface area (Å²) in [4.78, 5) is -0.253. The summed E-state index contributed by atoms with van der Waals surface area (Å²) in [6.45, 7) is 4.21. The van der Waals surface area contributed by atoms with E-state index >= 15 is 0 Å². The van der Waals surface area contributed by atoms with Gasteiger partial charge in [0.2, 0.25) is 0 Å². The Bertz CT molecular complexity index is 1450. The SMILES string of the molecule is CCCCc1ccc2cccc(S(=O)(=O)[O-])c2c1.CCCCc1ccc2cccc(S(=O)(=O)[O-])c2c1.[Ca+2]. The molecule has 0 atom stereocenters. The van der Waals surface area contributed by atoms with Crippen LogP contribution < -0.4 is 0 Å². The molecule has 0 aliphatic carbocycles. The Kier molecular flexibility index (Phi) is 12.0. The van der Waals surface area contributed by atoms with E-state index in [-0.39, 0.29) is 47.5 Å². The molecule has 9 heteroatoms. The maximum Gasteiger partial charge on any atom is 2.00 e. The van der Waals surface area contributed by atoms with Crippen molar-refractivity contribution >= 4 is 79.5 Å². The second-order valence-electron chi connectivity index (χ2n) is 8.74. The Balaban J connectivity index is 0.000000253. The van der Waals surface area contributed by atoms with Gasteiger partial charge >= 0.3 is 37.7 Å². The average molecular weight is 567 g/mol. The minimum Gasteiger partial charge on any atom is -0.744 e. The Labute approximate surface area is 249 Å². The van der Waals surface area contributed by atoms with E-state index in [4.69, 9.17) is 0 Å². The van der Waals surface area contributed by atoms with Crippen LogP contribution in [0, 0.1) is 0 Å². The molecule has 0 saturated carbocycles. The fourth-order valence-corrected chi connectivity index (χ4v) is 5.47. The van der Waals surface area contributed by atoms with Gasteiger partial charge in [-0.15, -0.1) is 0 Å². The summed E-state index contributed by atoms with van der Waals surface area (Å²) >= 11 is 0. The molecule has 0 heterocycles. The van der Waals surface area contributed by atoms with Crippen molar-refractivity contribution in [2.75, 3.05) is 0 Å². The van der Waals surface area contributed by atoms with Crippen LogP contribution in [0.4, 0.5) is 0 Å². The van der Waals surface area contributed by atoms with Gasteiger partial charge in [-0.1, -0.05) is 75.2 Å². The predicted molar refractivity (Wildman–Crippen MR) is 147 cm³/mol. The zero-order valence-corrected chi connectivity index (χ0v) is 25.0. The maximum atomic E-state index is 11.2. The van der Waals surface area contributed by atoms with Gasteiger partial charge in [0.05, 0.1) is 9.79 Å². The molecule has 0 aromatic heterocycles. The van der Waals surface area contributed by atoms with Gasteiger partial charge in [0.1, 0.15) is 20.2 Å². The third-order valence-corrected chi connectivity index (χ3v) is 7.78. The third-order valence-electron chi connectivity index (χ3n) is 5.99. The van der Waals surface area contributed by atoms with E-state index in [9.17, 15) is 25.9 Å². The van der Waals surface area contributed by atoms with Crippen LogP contribution in [0.2, 0.25) is 0 Å². The summed E-state index contributed by atoms with van der Waals surface area (Å²) in [5, 5.41) is 2.63. The molecule has 0 bridgehead atoms. The number of hydrogen-bond donors (Lipinski definition) is 0. The van der Waals surface area contributed by atoms with Crippen molar-refractivity contribution in [1.29, 1.82) is 0 Å². The van der Waals surface area contributed by atoms with Crippen LogP contribution in [0.5, 0.6) is 0 Å². The van der Waals surface area contributed by atoms with Gasteiger partial charge in [-0.2, -0.15) is 0 Å². The third kappa shape index (κ3) is 8.75. The van der Waals surface area contributed by atoms with Crippen LogP contribution in [-0.2, 0) is 33.1 Å². The monoisotopic (exact) mass is 566 g/mol. The number of benzene rings is 4. The summed E-state index contributed by atoms with van der Waals surface area (Å²) in [7, 11) is -8.83. The number of unbranched alkanes of at least 4 members (excludes halogenated alkanes) is 2. The fourth-order valence-electron chi connectivity index (χ4n) is 4.09. The summed E-state index contributed by atoms with van der Waals surface area (Å²) < 4.78 is 67.3. The molecule has 37 heavy (non-hydrogen) atoms. The quantitative estimate of drug-likeness (QED) is 0.197. The first kappa shape index (κ1) is 31.7. The van der Waals surface area contributed by atoms with E-state index in [0.717, 1.165) is 60.4 Å². The molecule has 4 aromatic rings. The minimum atomic E-state index is -4.42. The Morgan fingerprint density at radius 1 is 0.595 bits per heavy atom. The molecule has 0 aliphatic heterocycles. The maximum absolute atomic E-state index is 11.2. The zero-order valence-electron chi connectivity index (χ0n) is 21.1. The van der Waals surface area contributed by atoms with E-state index in [1.54, 1.807) is 12.1 Å². The van der Waals surface area contributed by atoms with Gasteiger partial charge in [0, 0.05) is 0 Å². The van der Waals surface area contributed by atoms with Gasteiger partial charge in [-0.3, -0.25) is 0 Å². The smallest absolute Gasteiger partial charge is 0.744 e. The molecule has 0 radical (unpaired) electrons. The number of fused-ring (bicyclic) bond motifs is 2. The summed E-state index contributed by atoms with van der Waals surface area (Å²) in [5.74, 6) is 0. The normalized spacial score (nSPS) is 11.6. The van der Waals surface area contributed by atoms with Crippen molar-refractivity contribution in [3.63, 3.8) is 0 Å². The largest absolute Gasteiger partial charge is 2.00 e. The number of hydrogen-bond acceptors (Lipinski definition) is 6. The van der Waals surface area contributed by atoms with Gasteiger partial charge < -0.3 is 9.11 Å². The van der Waals surface area contributed by atoms with Crippen LogP contribution in [-0.4, -0.2) is 63.7 Å². The predicted octanol–water partition coefficient (Wildman–Crippen LogP) is 5.79. The van der Waals surface area contributed by atoms with Gasteiger partial charge in [0.15, 0.2) is 0 Å². The number of aryl methyl sites for hydroxylation is 2. The van der Waals surface area contributed by atoms with Crippen molar-refractivity contribution in [1.82, 2.24) is 0 Å². The first-order valence-electron chi connectivity index (χ1n) is 12.0. The summed E-state index contributed by atoms with van der Waals surface area (Å²) in [6, 6.07) is 20.9. The van der Waals surface area contributed by atoms with E-state index in [1.165, 1.54) is 12.1 Å². The van der Waals surface area contributed by atoms with E-state index in [1.807, 2.05) is 48.5 Å². The Morgan fingerprint density at radius 3 is 1.30 bits per heavy atom. The molecule has 0 saturated heterocycles. The molecule has 0 amide bonds. The molecule has 0 fully saturated rings. The first-order chi connectivity index (χ1) is 17.0. The fraction of sp³-hybridized carbons (Fsp3) is 0.286. The summed E-state index contributed by atoms with van der Waals surface area (Å²) in [6.07, 6.45) is 6.08. The van der Waals surface area contributed by atoms with Crippen molar-refractivity contribution < 1.29 is 25.9 Å². The molecule has 4 aromatic carbocycles. The van der Waals surface area contributed by atoms with E-state index < -0.39 is 20.2 Å². The molecule has 0 N–H and O–H groups in total. The standard InChI is InChI=1S/2C14H16O3S.Ca/c2*1-2-3-5-11-8-9-12-6-4-7-14(13(12)10-11)18(15,16)17;/h2*4,6-10H,2-3,5H2,1H3,(H,15,16,17);/q;;+2/p-2. The first-order valence-corrected chi connectivity index (χ1v) is 14.8. The minimum absolute atomic E-state index is 0. The second-order valence-corrected chi connectivity index (χ2v) is 11.4. The Hall–Kier alpha value is -1.52. The molecule has 0 unspecified atom stereocenters. The van der Waals surface area contributed by atoms with Crippen molar-refractivity contribution in [3.05, 3.63) is 83.9 Å².